The molecule has 0 bridgehead atoms. The molecule has 5 heteroatoms. The molecular weight excluding hydrogens is 381 g/mol. The predicted octanol–water partition coefficient (Wildman–Crippen LogP) is 4.74. The molecule has 3 nitrogen and oxygen atoms in total. The van der Waals surface area contributed by atoms with Gasteiger partial charge in [-0.3, -0.25) is 0 Å². The zero-order chi connectivity index (χ0) is 15.1. The van der Waals surface area contributed by atoms with Gasteiger partial charge in [0.1, 0.15) is 11.6 Å². The molecule has 0 fully saturated rings. The number of thioether (sulfide) groups is 1. The van der Waals surface area contributed by atoms with Crippen molar-refractivity contribution >= 4 is 40.2 Å². The minimum atomic E-state index is 0.610. The van der Waals surface area contributed by atoms with E-state index < -0.39 is 0 Å². The molecule has 0 radical (unpaired) electrons. The van der Waals surface area contributed by atoms with Gasteiger partial charge in [0.15, 0.2) is 0 Å². The predicted molar refractivity (Wildman–Crippen MR) is 98.5 cm³/mol. The highest BCUT2D eigenvalue weighted by molar-refractivity contribution is 14.1. The van der Waals surface area contributed by atoms with Crippen molar-refractivity contribution in [3.63, 3.8) is 0 Å². The van der Waals surface area contributed by atoms with Crippen LogP contribution in [0.4, 0.5) is 5.82 Å². The van der Waals surface area contributed by atoms with Crippen LogP contribution in [0.5, 0.6) is 0 Å². The fourth-order valence-electron chi connectivity index (χ4n) is 1.73. The molecule has 114 valence electrons. The summed E-state index contributed by atoms with van der Waals surface area (Å²) >= 11 is 4.27. The maximum Gasteiger partial charge on any atom is 0.143 e. The van der Waals surface area contributed by atoms with E-state index in [1.54, 1.807) is 0 Å². The molecule has 1 rings (SSSR count). The lowest BCUT2D eigenvalue weighted by Gasteiger charge is -2.14. The largest absolute Gasteiger partial charge is 0.369 e. The van der Waals surface area contributed by atoms with E-state index in [9.17, 15) is 0 Å². The maximum atomic E-state index is 4.77. The monoisotopic (exact) mass is 407 g/mol. The summed E-state index contributed by atoms with van der Waals surface area (Å²) in [6.07, 6.45) is 2.12. The molecule has 0 saturated heterocycles. The van der Waals surface area contributed by atoms with Crippen LogP contribution < -0.4 is 5.32 Å². The summed E-state index contributed by atoms with van der Waals surface area (Å²) in [7, 11) is 0. The molecule has 0 unspecified atom stereocenters. The second-order valence-electron chi connectivity index (χ2n) is 5.63. The summed E-state index contributed by atoms with van der Waals surface area (Å²) in [6.45, 7) is 12.0. The number of aromatic nitrogens is 2. The number of nitrogens with one attached hydrogen (secondary N) is 1. The highest BCUT2D eigenvalue weighted by Crippen LogP contribution is 2.24. The van der Waals surface area contributed by atoms with Crippen molar-refractivity contribution < 1.29 is 0 Å². The first-order chi connectivity index (χ1) is 9.43. The molecule has 0 aliphatic heterocycles. The van der Waals surface area contributed by atoms with Crippen LogP contribution in [0.2, 0.25) is 0 Å². The third kappa shape index (κ3) is 6.16. The first-order valence-electron chi connectivity index (χ1n) is 7.34. The average molecular weight is 407 g/mol. The summed E-state index contributed by atoms with van der Waals surface area (Å²) in [4.78, 5) is 9.47. The van der Waals surface area contributed by atoms with E-state index >= 15 is 0 Å². The summed E-state index contributed by atoms with van der Waals surface area (Å²) in [5.41, 5.74) is 1.19. The second-order valence-corrected chi connectivity index (χ2v) is 8.28. The van der Waals surface area contributed by atoms with Crippen molar-refractivity contribution in [2.24, 2.45) is 5.92 Å². The van der Waals surface area contributed by atoms with Crippen LogP contribution in [0.3, 0.4) is 0 Å². The zero-order valence-corrected chi connectivity index (χ0v) is 16.1. The molecular formula is C15H26IN3S. The van der Waals surface area contributed by atoms with Gasteiger partial charge < -0.3 is 5.32 Å². The summed E-state index contributed by atoms with van der Waals surface area (Å²) < 4.78 is 1.18. The molecule has 0 saturated carbocycles. The molecule has 0 aliphatic carbocycles. The molecule has 0 atom stereocenters. The van der Waals surface area contributed by atoms with E-state index in [1.807, 2.05) is 11.8 Å². The van der Waals surface area contributed by atoms with Crippen molar-refractivity contribution in [2.75, 3.05) is 11.9 Å². The van der Waals surface area contributed by atoms with Crippen LogP contribution >= 0.6 is 34.4 Å². The number of hydrogen-bond donors (Lipinski definition) is 1. The number of nitrogens with zero attached hydrogens (tertiary/aromatic N) is 2. The van der Waals surface area contributed by atoms with E-state index in [1.165, 1.54) is 9.26 Å². The van der Waals surface area contributed by atoms with Crippen molar-refractivity contribution in [3.8, 4) is 0 Å². The van der Waals surface area contributed by atoms with Crippen LogP contribution in [0, 0.1) is 9.49 Å². The first-order valence-corrected chi connectivity index (χ1v) is 9.47. The Kier molecular flexibility index (Phi) is 8.17. The van der Waals surface area contributed by atoms with Crippen molar-refractivity contribution in [3.05, 3.63) is 15.1 Å². The minimum Gasteiger partial charge on any atom is -0.369 e. The number of halogens is 1. The van der Waals surface area contributed by atoms with Crippen LogP contribution in [0.25, 0.3) is 0 Å². The summed E-state index contributed by atoms with van der Waals surface area (Å²) in [5.74, 6) is 3.47. The van der Waals surface area contributed by atoms with Crippen molar-refractivity contribution in [1.82, 2.24) is 9.97 Å². The third-order valence-electron chi connectivity index (χ3n) is 2.66. The van der Waals surface area contributed by atoms with Crippen molar-refractivity contribution in [1.29, 1.82) is 0 Å². The maximum absolute atomic E-state index is 4.77. The van der Waals surface area contributed by atoms with E-state index in [0.717, 1.165) is 36.8 Å². The van der Waals surface area contributed by atoms with Crippen LogP contribution in [0.1, 0.15) is 52.6 Å². The fourth-order valence-corrected chi connectivity index (χ4v) is 3.00. The quantitative estimate of drug-likeness (QED) is 0.632. The lowest BCUT2D eigenvalue weighted by atomic mass is 10.1. The number of anilines is 1. The molecule has 0 aromatic carbocycles. The van der Waals surface area contributed by atoms with Crippen LogP contribution in [0.15, 0.2) is 0 Å². The Morgan fingerprint density at radius 1 is 1.20 bits per heavy atom. The van der Waals surface area contributed by atoms with Gasteiger partial charge in [-0.25, -0.2) is 9.97 Å². The molecule has 0 aliphatic rings. The van der Waals surface area contributed by atoms with Gasteiger partial charge >= 0.3 is 0 Å². The highest BCUT2D eigenvalue weighted by atomic mass is 127. The Morgan fingerprint density at radius 3 is 2.45 bits per heavy atom. The van der Waals surface area contributed by atoms with Crippen LogP contribution in [-0.4, -0.2) is 21.8 Å². The Balaban J connectivity index is 2.98. The van der Waals surface area contributed by atoms with Gasteiger partial charge in [0, 0.05) is 6.54 Å². The molecule has 1 N–H and O–H groups in total. The van der Waals surface area contributed by atoms with Gasteiger partial charge in [0.2, 0.25) is 0 Å². The second kappa shape index (κ2) is 9.07. The minimum absolute atomic E-state index is 0.610. The molecule has 1 aromatic rings. The Hall–Kier alpha value is -0.0400. The van der Waals surface area contributed by atoms with Gasteiger partial charge in [-0.05, 0) is 46.6 Å². The average Bonchev–Trinajstić information content (AvgIpc) is 2.37. The number of rotatable bonds is 8. The van der Waals surface area contributed by atoms with Gasteiger partial charge in [-0.2, -0.15) is 11.8 Å². The third-order valence-corrected chi connectivity index (χ3v) is 4.88. The Labute approximate surface area is 141 Å². The molecule has 1 heterocycles. The molecule has 0 spiro atoms. The number of hydrogen-bond acceptors (Lipinski definition) is 4. The summed E-state index contributed by atoms with van der Waals surface area (Å²) in [5, 5.41) is 4.05. The standard InChI is InChI=1S/C15H26IN3S/c1-6-7-17-15-14(16)12(8-10(2)3)18-13(19-15)9-20-11(4)5/h10-11H,6-9H2,1-5H3,(H,17,18,19). The first kappa shape index (κ1) is 18.0. The molecule has 0 amide bonds. The smallest absolute Gasteiger partial charge is 0.143 e. The zero-order valence-electron chi connectivity index (χ0n) is 13.2. The molecule has 20 heavy (non-hydrogen) atoms. The van der Waals surface area contributed by atoms with Gasteiger partial charge in [0.05, 0.1) is 15.0 Å². The topological polar surface area (TPSA) is 37.8 Å². The lowest BCUT2D eigenvalue weighted by molar-refractivity contribution is 0.629. The Bertz CT molecular complexity index is 422. The molecule has 1 aromatic heterocycles. The van der Waals surface area contributed by atoms with E-state index in [-0.39, 0.29) is 0 Å². The van der Waals surface area contributed by atoms with Crippen molar-refractivity contribution in [2.45, 2.75) is 58.5 Å². The van der Waals surface area contributed by atoms with Gasteiger partial charge in [-0.15, -0.1) is 0 Å². The van der Waals surface area contributed by atoms with Gasteiger partial charge in [-0.1, -0.05) is 34.6 Å². The SMILES string of the molecule is CCCNc1nc(CSC(C)C)nc(CC(C)C)c1I. The Morgan fingerprint density at radius 2 is 1.90 bits per heavy atom. The highest BCUT2D eigenvalue weighted by Gasteiger charge is 2.13. The normalized spacial score (nSPS) is 11.4. The lowest BCUT2D eigenvalue weighted by Crippen LogP contribution is -2.12. The van der Waals surface area contributed by atoms with Crippen LogP contribution in [-0.2, 0) is 12.2 Å². The van der Waals surface area contributed by atoms with E-state index in [0.29, 0.717) is 11.2 Å². The fraction of sp³-hybridized carbons (Fsp3) is 0.733. The van der Waals surface area contributed by atoms with Gasteiger partial charge in [0.25, 0.3) is 0 Å². The van der Waals surface area contributed by atoms with E-state index in [4.69, 9.17) is 9.97 Å². The van der Waals surface area contributed by atoms with E-state index in [2.05, 4.69) is 62.5 Å². The summed E-state index contributed by atoms with van der Waals surface area (Å²) in [6, 6.07) is 0.